The van der Waals surface area contributed by atoms with E-state index < -0.39 is 0 Å². The van der Waals surface area contributed by atoms with E-state index in [1.807, 2.05) is 0 Å². The smallest absolute Gasteiger partial charge is 0.0622 e. The van der Waals surface area contributed by atoms with Gasteiger partial charge in [0.05, 0.1) is 6.07 Å². The summed E-state index contributed by atoms with van der Waals surface area (Å²) < 4.78 is 0. The molecule has 2 nitrogen and oxygen atoms in total. The zero-order chi connectivity index (χ0) is 13.7. The molecule has 1 rings (SSSR count). The number of benzene rings is 1. The number of hydrogen-bond acceptors (Lipinski definition) is 2. The third-order valence-corrected chi connectivity index (χ3v) is 3.78. The number of unbranched alkanes of at least 4 members (excludes halogenated alkanes) is 1. The largest absolute Gasteiger partial charge is 0.302 e. The van der Waals surface area contributed by atoms with Crippen LogP contribution >= 0.6 is 0 Å². The fraction of sp³-hybridized carbons (Fsp3) is 0.562. The van der Waals surface area contributed by atoms with Crippen molar-refractivity contribution in [3.8, 4) is 6.07 Å². The number of nitriles is 1. The lowest BCUT2D eigenvalue weighted by molar-refractivity contribution is 0.322. The lowest BCUT2D eigenvalue weighted by Crippen LogP contribution is -2.20. The number of aryl methyl sites for hydroxylation is 2. The quantitative estimate of drug-likeness (QED) is 0.739. The van der Waals surface area contributed by atoms with Crippen molar-refractivity contribution in [1.29, 1.82) is 5.26 Å². The molecule has 0 N–H and O–H groups in total. The molecule has 2 heteroatoms. The van der Waals surface area contributed by atoms with Crippen LogP contribution in [0.4, 0.5) is 0 Å². The predicted molar refractivity (Wildman–Crippen MR) is 76.6 cm³/mol. The van der Waals surface area contributed by atoms with Crippen molar-refractivity contribution in [3.63, 3.8) is 0 Å². The van der Waals surface area contributed by atoms with Gasteiger partial charge in [0.1, 0.15) is 0 Å². The molecule has 0 radical (unpaired) electrons. The van der Waals surface area contributed by atoms with Gasteiger partial charge in [-0.15, -0.1) is 0 Å². The van der Waals surface area contributed by atoms with Gasteiger partial charge in [0.15, 0.2) is 0 Å². The molecular formula is C16H24N2. The highest BCUT2D eigenvalue weighted by Gasteiger charge is 2.10. The number of nitrogens with zero attached hydrogens (tertiary/aromatic N) is 2. The van der Waals surface area contributed by atoms with E-state index >= 15 is 0 Å². The zero-order valence-electron chi connectivity index (χ0n) is 12.3. The van der Waals surface area contributed by atoms with Crippen LogP contribution in [0.2, 0.25) is 0 Å². The van der Waals surface area contributed by atoms with Crippen LogP contribution in [0.3, 0.4) is 0 Å². The Morgan fingerprint density at radius 3 is 2.17 bits per heavy atom. The summed E-state index contributed by atoms with van der Waals surface area (Å²) in [7, 11) is 2.13. The van der Waals surface area contributed by atoms with E-state index in [0.717, 1.165) is 19.5 Å². The summed E-state index contributed by atoms with van der Waals surface area (Å²) in [5, 5.41) is 8.56. The monoisotopic (exact) mass is 244 g/mol. The molecule has 0 spiro atoms. The highest BCUT2D eigenvalue weighted by atomic mass is 15.1. The second kappa shape index (κ2) is 6.56. The van der Waals surface area contributed by atoms with Gasteiger partial charge in [0.2, 0.25) is 0 Å². The fourth-order valence-electron chi connectivity index (χ4n) is 2.31. The minimum atomic E-state index is 0.648. The van der Waals surface area contributed by atoms with E-state index in [2.05, 4.69) is 51.8 Å². The van der Waals surface area contributed by atoms with Crippen molar-refractivity contribution in [2.75, 3.05) is 13.6 Å². The highest BCUT2D eigenvalue weighted by Crippen LogP contribution is 2.22. The molecule has 0 unspecified atom stereocenters. The Bertz CT molecular complexity index is 429. The SMILES string of the molecule is Cc1cc(C)c(C)c(CN(C)CCCC#N)c1C. The summed E-state index contributed by atoms with van der Waals surface area (Å²) >= 11 is 0. The minimum absolute atomic E-state index is 0.648. The number of rotatable bonds is 5. The van der Waals surface area contributed by atoms with Gasteiger partial charge in [0, 0.05) is 13.0 Å². The first-order valence-corrected chi connectivity index (χ1v) is 6.59. The molecule has 0 aromatic heterocycles. The summed E-state index contributed by atoms with van der Waals surface area (Å²) in [4.78, 5) is 2.31. The van der Waals surface area contributed by atoms with Crippen molar-refractivity contribution in [2.24, 2.45) is 0 Å². The average molecular weight is 244 g/mol. The van der Waals surface area contributed by atoms with Crippen molar-refractivity contribution in [2.45, 2.75) is 47.1 Å². The van der Waals surface area contributed by atoms with Crippen molar-refractivity contribution in [1.82, 2.24) is 4.90 Å². The van der Waals surface area contributed by atoms with Gasteiger partial charge in [-0.3, -0.25) is 0 Å². The van der Waals surface area contributed by atoms with E-state index in [-0.39, 0.29) is 0 Å². The molecule has 0 atom stereocenters. The Morgan fingerprint density at radius 2 is 1.67 bits per heavy atom. The Balaban J connectivity index is 2.81. The topological polar surface area (TPSA) is 27.0 Å². The van der Waals surface area contributed by atoms with E-state index in [0.29, 0.717) is 6.42 Å². The third-order valence-electron chi connectivity index (χ3n) is 3.78. The van der Waals surface area contributed by atoms with E-state index in [1.165, 1.54) is 27.8 Å². The van der Waals surface area contributed by atoms with Crippen LogP contribution in [0, 0.1) is 39.0 Å². The Kier molecular flexibility index (Phi) is 5.37. The molecule has 0 fully saturated rings. The molecule has 0 bridgehead atoms. The summed E-state index contributed by atoms with van der Waals surface area (Å²) in [5.41, 5.74) is 7.01. The molecule has 0 saturated heterocycles. The molecular weight excluding hydrogens is 220 g/mol. The molecule has 0 aliphatic heterocycles. The normalized spacial score (nSPS) is 10.7. The second-order valence-corrected chi connectivity index (χ2v) is 5.24. The number of hydrogen-bond donors (Lipinski definition) is 0. The van der Waals surface area contributed by atoms with Gasteiger partial charge in [-0.25, -0.2) is 0 Å². The lowest BCUT2D eigenvalue weighted by atomic mass is 9.94. The zero-order valence-corrected chi connectivity index (χ0v) is 12.3. The van der Waals surface area contributed by atoms with E-state index in [1.54, 1.807) is 0 Å². The molecule has 0 saturated carbocycles. The van der Waals surface area contributed by atoms with E-state index in [9.17, 15) is 0 Å². The van der Waals surface area contributed by atoms with Crippen molar-refractivity contribution >= 4 is 0 Å². The van der Waals surface area contributed by atoms with Crippen LogP contribution < -0.4 is 0 Å². The highest BCUT2D eigenvalue weighted by molar-refractivity contribution is 5.43. The fourth-order valence-corrected chi connectivity index (χ4v) is 2.31. The van der Waals surface area contributed by atoms with Crippen LogP contribution in [0.15, 0.2) is 6.07 Å². The third kappa shape index (κ3) is 3.58. The summed E-state index contributed by atoms with van der Waals surface area (Å²) in [6.07, 6.45) is 1.60. The second-order valence-electron chi connectivity index (χ2n) is 5.24. The lowest BCUT2D eigenvalue weighted by Gasteiger charge is -2.21. The first kappa shape index (κ1) is 14.7. The molecule has 0 amide bonds. The molecule has 0 aliphatic rings. The Morgan fingerprint density at radius 1 is 1.11 bits per heavy atom. The summed E-state index contributed by atoms with van der Waals surface area (Å²) in [6.45, 7) is 10.7. The molecule has 1 aromatic carbocycles. The average Bonchev–Trinajstić information content (AvgIpc) is 2.32. The van der Waals surface area contributed by atoms with Gasteiger partial charge in [-0.2, -0.15) is 5.26 Å². The standard InChI is InChI=1S/C16H24N2/c1-12-10-13(2)15(4)16(14(12)3)11-18(5)9-7-6-8-17/h10H,6-7,9,11H2,1-5H3. The molecule has 1 aromatic rings. The Hall–Kier alpha value is -1.33. The van der Waals surface area contributed by atoms with Gasteiger partial charge in [-0.05, 0) is 75.5 Å². The predicted octanol–water partition coefficient (Wildman–Crippen LogP) is 3.66. The van der Waals surface area contributed by atoms with Crippen LogP contribution in [-0.2, 0) is 6.54 Å². The maximum Gasteiger partial charge on any atom is 0.0622 e. The first-order chi connectivity index (χ1) is 8.47. The maximum atomic E-state index is 8.56. The molecule has 18 heavy (non-hydrogen) atoms. The van der Waals surface area contributed by atoms with Crippen LogP contribution in [0.25, 0.3) is 0 Å². The van der Waals surface area contributed by atoms with Crippen LogP contribution in [0.1, 0.15) is 40.7 Å². The van der Waals surface area contributed by atoms with Gasteiger partial charge >= 0.3 is 0 Å². The molecule has 0 heterocycles. The van der Waals surface area contributed by atoms with E-state index in [4.69, 9.17) is 5.26 Å². The van der Waals surface area contributed by atoms with Gasteiger partial charge < -0.3 is 4.90 Å². The molecule has 98 valence electrons. The molecule has 0 aliphatic carbocycles. The van der Waals surface area contributed by atoms with Crippen molar-refractivity contribution < 1.29 is 0 Å². The van der Waals surface area contributed by atoms with Crippen molar-refractivity contribution in [3.05, 3.63) is 33.9 Å². The maximum absolute atomic E-state index is 8.56. The minimum Gasteiger partial charge on any atom is -0.302 e. The summed E-state index contributed by atoms with van der Waals surface area (Å²) in [6, 6.07) is 4.47. The van der Waals surface area contributed by atoms with Crippen LogP contribution in [-0.4, -0.2) is 18.5 Å². The van der Waals surface area contributed by atoms with Gasteiger partial charge in [0.25, 0.3) is 0 Å². The summed E-state index contributed by atoms with van der Waals surface area (Å²) in [5.74, 6) is 0. The van der Waals surface area contributed by atoms with Crippen LogP contribution in [0.5, 0.6) is 0 Å². The Labute approximate surface area is 111 Å². The van der Waals surface area contributed by atoms with Gasteiger partial charge in [-0.1, -0.05) is 6.07 Å². The first-order valence-electron chi connectivity index (χ1n) is 6.59.